The van der Waals surface area contributed by atoms with Gasteiger partial charge in [0.2, 0.25) is 0 Å². The summed E-state index contributed by atoms with van der Waals surface area (Å²) in [7, 11) is 0. The van der Waals surface area contributed by atoms with Gasteiger partial charge >= 0.3 is 5.00 Å². The zero-order chi connectivity index (χ0) is 12.4. The van der Waals surface area contributed by atoms with Crippen LogP contribution >= 0.6 is 11.3 Å². The topological polar surface area (TPSA) is 93.9 Å². The van der Waals surface area contributed by atoms with Crippen LogP contribution in [-0.4, -0.2) is 16.5 Å². The van der Waals surface area contributed by atoms with E-state index in [0.29, 0.717) is 12.3 Å². The average Bonchev–Trinajstić information content (AvgIpc) is 2.78. The van der Waals surface area contributed by atoms with E-state index in [-0.39, 0.29) is 10.9 Å². The molecule has 7 heteroatoms. The lowest BCUT2D eigenvalue weighted by Gasteiger charge is -2.18. The lowest BCUT2D eigenvalue weighted by molar-refractivity contribution is -0.380. The Balaban J connectivity index is 2.34. The number of amidine groups is 1. The Morgan fingerprint density at radius 1 is 1.65 bits per heavy atom. The SMILES string of the molecule is CCC1CC(N)=NN=C1c1csc([N+](=O)[O-])c1. The molecule has 0 bridgehead atoms. The normalized spacial score (nSPS) is 19.7. The fraction of sp³-hybridized carbons (Fsp3) is 0.400. The van der Waals surface area contributed by atoms with E-state index in [4.69, 9.17) is 5.73 Å². The van der Waals surface area contributed by atoms with Gasteiger partial charge in [-0.3, -0.25) is 10.1 Å². The predicted octanol–water partition coefficient (Wildman–Crippen LogP) is 2.15. The van der Waals surface area contributed by atoms with Gasteiger partial charge in [-0.15, -0.1) is 5.10 Å². The fourth-order valence-corrected chi connectivity index (χ4v) is 2.49. The largest absolute Gasteiger partial charge is 0.386 e. The molecule has 6 nitrogen and oxygen atoms in total. The Bertz CT molecular complexity index is 506. The van der Waals surface area contributed by atoms with Crippen molar-refractivity contribution >= 4 is 27.9 Å². The van der Waals surface area contributed by atoms with Gasteiger partial charge in [0, 0.05) is 29.3 Å². The number of hydrogen-bond donors (Lipinski definition) is 1. The van der Waals surface area contributed by atoms with E-state index in [2.05, 4.69) is 10.2 Å². The Morgan fingerprint density at radius 3 is 3.00 bits per heavy atom. The molecule has 1 unspecified atom stereocenters. The maximum absolute atomic E-state index is 10.6. The highest BCUT2D eigenvalue weighted by Crippen LogP contribution is 2.28. The molecule has 1 atom stereocenters. The van der Waals surface area contributed by atoms with Crippen LogP contribution in [0.1, 0.15) is 25.3 Å². The van der Waals surface area contributed by atoms with Crippen molar-refractivity contribution in [2.24, 2.45) is 21.9 Å². The number of thiophene rings is 1. The monoisotopic (exact) mass is 252 g/mol. The molecular formula is C10H12N4O2S. The van der Waals surface area contributed by atoms with Crippen LogP contribution in [-0.2, 0) is 0 Å². The van der Waals surface area contributed by atoms with E-state index in [1.165, 1.54) is 0 Å². The van der Waals surface area contributed by atoms with E-state index < -0.39 is 4.92 Å². The Hall–Kier alpha value is -1.76. The van der Waals surface area contributed by atoms with Crippen LogP contribution in [0.25, 0.3) is 0 Å². The molecule has 0 saturated carbocycles. The molecule has 0 spiro atoms. The summed E-state index contributed by atoms with van der Waals surface area (Å²) in [5.74, 6) is 0.715. The first-order chi connectivity index (χ1) is 8.11. The van der Waals surface area contributed by atoms with Gasteiger partial charge in [0.05, 0.1) is 10.6 Å². The van der Waals surface area contributed by atoms with E-state index in [1.807, 2.05) is 6.92 Å². The molecule has 1 aromatic heterocycles. The molecule has 2 heterocycles. The van der Waals surface area contributed by atoms with Crippen LogP contribution in [0.3, 0.4) is 0 Å². The van der Waals surface area contributed by atoms with Gasteiger partial charge in [0.25, 0.3) is 0 Å². The lowest BCUT2D eigenvalue weighted by atomic mass is 9.92. The molecule has 90 valence electrons. The molecule has 0 fully saturated rings. The molecule has 0 aromatic carbocycles. The van der Waals surface area contributed by atoms with E-state index in [1.54, 1.807) is 11.4 Å². The van der Waals surface area contributed by atoms with E-state index in [9.17, 15) is 10.1 Å². The zero-order valence-electron chi connectivity index (χ0n) is 9.29. The van der Waals surface area contributed by atoms with Crippen LogP contribution in [0.2, 0.25) is 0 Å². The molecule has 2 rings (SSSR count). The predicted molar refractivity (Wildman–Crippen MR) is 67.5 cm³/mol. The first-order valence-corrected chi connectivity index (χ1v) is 6.13. The second kappa shape index (κ2) is 4.62. The minimum absolute atomic E-state index is 0.125. The third kappa shape index (κ3) is 2.33. The van der Waals surface area contributed by atoms with Crippen molar-refractivity contribution in [2.45, 2.75) is 19.8 Å². The highest BCUT2D eigenvalue weighted by Gasteiger charge is 2.23. The van der Waals surface area contributed by atoms with Crippen molar-refractivity contribution in [3.8, 4) is 0 Å². The molecule has 0 radical (unpaired) electrons. The molecule has 0 amide bonds. The van der Waals surface area contributed by atoms with Crippen molar-refractivity contribution < 1.29 is 4.92 Å². The summed E-state index contributed by atoms with van der Waals surface area (Å²) in [5.41, 5.74) is 7.21. The third-order valence-electron chi connectivity index (χ3n) is 2.68. The molecule has 0 aliphatic carbocycles. The van der Waals surface area contributed by atoms with E-state index in [0.717, 1.165) is 29.0 Å². The van der Waals surface area contributed by atoms with Crippen LogP contribution in [0.4, 0.5) is 5.00 Å². The molecule has 1 aromatic rings. The van der Waals surface area contributed by atoms with Crippen LogP contribution in [0.15, 0.2) is 21.6 Å². The molecule has 1 aliphatic heterocycles. The third-order valence-corrected chi connectivity index (χ3v) is 3.56. The molecular weight excluding hydrogens is 240 g/mol. The molecule has 2 N–H and O–H groups in total. The zero-order valence-corrected chi connectivity index (χ0v) is 10.1. The first kappa shape index (κ1) is 11.7. The average molecular weight is 252 g/mol. The van der Waals surface area contributed by atoms with Crippen molar-refractivity contribution in [3.63, 3.8) is 0 Å². The number of nitrogens with zero attached hydrogens (tertiary/aromatic N) is 3. The van der Waals surface area contributed by atoms with Crippen LogP contribution < -0.4 is 5.73 Å². The number of nitro groups is 1. The standard InChI is InChI=1S/C10H12N4O2S/c1-2-6-3-8(11)12-13-10(6)7-4-9(14(15)16)17-5-7/h4-6H,2-3H2,1H3,(H2,11,12). The van der Waals surface area contributed by atoms with Gasteiger partial charge in [-0.2, -0.15) is 5.10 Å². The minimum Gasteiger partial charge on any atom is -0.386 e. The van der Waals surface area contributed by atoms with Crippen LogP contribution in [0.5, 0.6) is 0 Å². The lowest BCUT2D eigenvalue weighted by Crippen LogP contribution is -2.26. The van der Waals surface area contributed by atoms with Gasteiger partial charge in [-0.1, -0.05) is 18.3 Å². The first-order valence-electron chi connectivity index (χ1n) is 5.25. The second-order valence-electron chi connectivity index (χ2n) is 3.82. The van der Waals surface area contributed by atoms with Gasteiger partial charge in [-0.25, -0.2) is 0 Å². The summed E-state index contributed by atoms with van der Waals surface area (Å²) in [6.45, 7) is 2.04. The molecule has 1 aliphatic rings. The smallest absolute Gasteiger partial charge is 0.324 e. The maximum atomic E-state index is 10.6. The van der Waals surface area contributed by atoms with E-state index >= 15 is 0 Å². The number of rotatable bonds is 3. The summed E-state index contributed by atoms with van der Waals surface area (Å²) in [6, 6.07) is 1.54. The van der Waals surface area contributed by atoms with Gasteiger partial charge in [0.15, 0.2) is 0 Å². The van der Waals surface area contributed by atoms with Gasteiger partial charge in [0.1, 0.15) is 5.84 Å². The summed E-state index contributed by atoms with van der Waals surface area (Å²) < 4.78 is 0. The highest BCUT2D eigenvalue weighted by molar-refractivity contribution is 7.13. The summed E-state index contributed by atoms with van der Waals surface area (Å²) >= 11 is 1.10. The summed E-state index contributed by atoms with van der Waals surface area (Å²) in [5, 5.41) is 20.4. The van der Waals surface area contributed by atoms with Gasteiger partial charge < -0.3 is 5.73 Å². The Morgan fingerprint density at radius 2 is 2.41 bits per heavy atom. The van der Waals surface area contributed by atoms with Crippen molar-refractivity contribution in [3.05, 3.63) is 27.1 Å². The summed E-state index contributed by atoms with van der Waals surface area (Å²) in [6.07, 6.45) is 1.55. The molecule has 17 heavy (non-hydrogen) atoms. The minimum atomic E-state index is -0.393. The maximum Gasteiger partial charge on any atom is 0.324 e. The number of nitrogens with two attached hydrogens (primary N) is 1. The van der Waals surface area contributed by atoms with Crippen LogP contribution in [0, 0.1) is 16.0 Å². The second-order valence-corrected chi connectivity index (χ2v) is 4.71. The van der Waals surface area contributed by atoms with Gasteiger partial charge in [-0.05, 0) is 6.42 Å². The quantitative estimate of drug-likeness (QED) is 0.659. The van der Waals surface area contributed by atoms with Crippen molar-refractivity contribution in [2.75, 3.05) is 0 Å². The molecule has 0 saturated heterocycles. The van der Waals surface area contributed by atoms with Crippen molar-refractivity contribution in [1.29, 1.82) is 0 Å². The summed E-state index contributed by atoms with van der Waals surface area (Å²) in [4.78, 5) is 10.2. The number of hydrogen-bond acceptors (Lipinski definition) is 6. The Kier molecular flexibility index (Phi) is 3.19. The van der Waals surface area contributed by atoms with Crippen molar-refractivity contribution in [1.82, 2.24) is 0 Å². The highest BCUT2D eigenvalue weighted by atomic mass is 32.1. The Labute approximate surface area is 102 Å². The fourth-order valence-electron chi connectivity index (χ4n) is 1.78.